The van der Waals surface area contributed by atoms with Crippen molar-refractivity contribution < 1.29 is 14.3 Å². The smallest absolute Gasteiger partial charge is 0.264 e. The average molecular weight is 580 g/mol. The molecule has 220 valence electrons. The molecule has 1 aliphatic heterocycles. The van der Waals surface area contributed by atoms with E-state index in [1.165, 1.54) is 10.8 Å². The highest BCUT2D eigenvalue weighted by Crippen LogP contribution is 2.41. The minimum absolute atomic E-state index is 0.105. The first-order valence-corrected chi connectivity index (χ1v) is 13.9. The summed E-state index contributed by atoms with van der Waals surface area (Å²) in [5, 5.41) is 7.84. The SMILES string of the molecule is CC.CN(C)C/C=C/C(=O)Nc1ccnc2c1COc1[nH]c(=O)c3c(N)n(-c4ccc(Oc5ccccc5)cc4)nc3c1-2. The maximum atomic E-state index is 13.1. The van der Waals surface area contributed by atoms with Crippen molar-refractivity contribution in [2.24, 2.45) is 0 Å². The third-order valence-corrected chi connectivity index (χ3v) is 6.55. The summed E-state index contributed by atoms with van der Waals surface area (Å²) in [6, 6.07) is 18.4. The van der Waals surface area contributed by atoms with Crippen LogP contribution in [0.15, 0.2) is 83.8 Å². The predicted molar refractivity (Wildman–Crippen MR) is 168 cm³/mol. The number of aromatic amines is 1. The van der Waals surface area contributed by atoms with Crippen LogP contribution in [0.5, 0.6) is 17.4 Å². The lowest BCUT2D eigenvalue weighted by molar-refractivity contribution is -0.111. The number of nitrogen functional groups attached to an aromatic ring is 1. The van der Waals surface area contributed by atoms with E-state index in [0.29, 0.717) is 51.8 Å². The molecule has 2 aromatic carbocycles. The van der Waals surface area contributed by atoms with Crippen LogP contribution in [-0.4, -0.2) is 51.2 Å². The Labute approximate surface area is 248 Å². The lowest BCUT2D eigenvalue weighted by atomic mass is 10.0. The number of nitrogens with two attached hydrogens (primary N) is 1. The van der Waals surface area contributed by atoms with E-state index in [2.05, 4.69) is 15.3 Å². The maximum Gasteiger partial charge on any atom is 0.264 e. The molecule has 0 atom stereocenters. The van der Waals surface area contributed by atoms with Gasteiger partial charge in [-0.05, 0) is 56.6 Å². The van der Waals surface area contributed by atoms with Gasteiger partial charge in [0.05, 0.1) is 22.6 Å². The molecule has 11 nitrogen and oxygen atoms in total. The second kappa shape index (κ2) is 12.6. The van der Waals surface area contributed by atoms with Gasteiger partial charge in [-0.15, -0.1) is 0 Å². The summed E-state index contributed by atoms with van der Waals surface area (Å²) in [5.41, 5.74) is 9.28. The van der Waals surface area contributed by atoms with E-state index in [0.717, 1.165) is 0 Å². The van der Waals surface area contributed by atoms with Crippen LogP contribution in [0.2, 0.25) is 0 Å². The number of amides is 1. The second-order valence-electron chi connectivity index (χ2n) is 9.72. The predicted octanol–water partition coefficient (Wildman–Crippen LogP) is 5.13. The van der Waals surface area contributed by atoms with Crippen LogP contribution in [-0.2, 0) is 11.4 Å². The van der Waals surface area contributed by atoms with Crippen LogP contribution >= 0.6 is 0 Å². The number of para-hydroxylation sites is 1. The summed E-state index contributed by atoms with van der Waals surface area (Å²) in [6.07, 6.45) is 4.85. The number of benzene rings is 2. The van der Waals surface area contributed by atoms with Gasteiger partial charge in [-0.1, -0.05) is 38.1 Å². The molecule has 0 unspecified atom stereocenters. The third-order valence-electron chi connectivity index (χ3n) is 6.55. The van der Waals surface area contributed by atoms with Crippen molar-refractivity contribution >= 4 is 28.3 Å². The number of rotatable bonds is 7. The van der Waals surface area contributed by atoms with Crippen LogP contribution in [0.1, 0.15) is 19.4 Å². The van der Waals surface area contributed by atoms with E-state index in [4.69, 9.17) is 20.3 Å². The molecule has 0 radical (unpaired) electrons. The number of fused-ring (bicyclic) bond motifs is 5. The molecule has 1 amide bonds. The van der Waals surface area contributed by atoms with E-state index in [1.807, 2.05) is 63.2 Å². The Balaban J connectivity index is 0.00000180. The minimum atomic E-state index is -0.425. The summed E-state index contributed by atoms with van der Waals surface area (Å²) in [4.78, 5) is 34.9. The number of hydrogen-bond donors (Lipinski definition) is 3. The van der Waals surface area contributed by atoms with Gasteiger partial charge < -0.3 is 25.4 Å². The molecule has 0 saturated heterocycles. The fraction of sp³-hybridized carbons (Fsp3) is 0.188. The second-order valence-corrected chi connectivity index (χ2v) is 9.72. The lowest BCUT2D eigenvalue weighted by Crippen LogP contribution is -2.18. The number of ether oxygens (including phenoxy) is 2. The Morgan fingerprint density at radius 3 is 2.56 bits per heavy atom. The number of H-pyrrole nitrogens is 1. The summed E-state index contributed by atoms with van der Waals surface area (Å²) >= 11 is 0. The van der Waals surface area contributed by atoms with Gasteiger partial charge in [0.1, 0.15) is 34.8 Å². The largest absolute Gasteiger partial charge is 0.473 e. The first kappa shape index (κ1) is 29.1. The Morgan fingerprint density at radius 2 is 1.84 bits per heavy atom. The number of nitrogens with one attached hydrogen (secondary N) is 2. The van der Waals surface area contributed by atoms with Crippen molar-refractivity contribution in [1.29, 1.82) is 0 Å². The zero-order chi connectivity index (χ0) is 30.5. The molecule has 4 heterocycles. The molecular formula is C32H33N7O4. The van der Waals surface area contributed by atoms with E-state index >= 15 is 0 Å². The first-order valence-electron chi connectivity index (χ1n) is 13.9. The molecule has 0 fully saturated rings. The molecule has 6 rings (SSSR count). The molecule has 0 bridgehead atoms. The zero-order valence-electron chi connectivity index (χ0n) is 24.4. The number of hydrogen-bond acceptors (Lipinski definition) is 8. The van der Waals surface area contributed by atoms with Crippen LogP contribution in [0, 0.1) is 0 Å². The molecule has 5 aromatic rings. The molecule has 0 saturated carbocycles. The molecule has 4 N–H and O–H groups in total. The molecular weight excluding hydrogens is 546 g/mol. The fourth-order valence-electron chi connectivity index (χ4n) is 4.63. The number of likely N-dealkylation sites (N-methyl/N-ethyl adjacent to an activating group) is 1. The number of anilines is 2. The minimum Gasteiger partial charge on any atom is -0.473 e. The normalized spacial score (nSPS) is 11.8. The van der Waals surface area contributed by atoms with E-state index in [9.17, 15) is 9.59 Å². The van der Waals surface area contributed by atoms with Crippen molar-refractivity contribution in [2.45, 2.75) is 20.5 Å². The van der Waals surface area contributed by atoms with E-state index in [-0.39, 0.29) is 29.6 Å². The Hall–Kier alpha value is -5.42. The van der Waals surface area contributed by atoms with Gasteiger partial charge in [0, 0.05) is 24.4 Å². The number of carbonyl (C=O) groups is 1. The summed E-state index contributed by atoms with van der Waals surface area (Å²) < 4.78 is 13.3. The van der Waals surface area contributed by atoms with Crippen LogP contribution < -0.4 is 26.1 Å². The summed E-state index contributed by atoms with van der Waals surface area (Å²) in [7, 11) is 3.84. The van der Waals surface area contributed by atoms with Gasteiger partial charge in [0.25, 0.3) is 5.56 Å². The molecule has 3 aromatic heterocycles. The Kier molecular flexibility index (Phi) is 8.54. The van der Waals surface area contributed by atoms with Gasteiger partial charge in [0.15, 0.2) is 0 Å². The summed E-state index contributed by atoms with van der Waals surface area (Å²) in [6.45, 7) is 4.74. The number of aromatic nitrogens is 4. The first-order chi connectivity index (χ1) is 20.9. The quantitative estimate of drug-likeness (QED) is 0.226. The lowest BCUT2D eigenvalue weighted by Gasteiger charge is -2.21. The number of pyridine rings is 2. The van der Waals surface area contributed by atoms with Crippen molar-refractivity contribution in [3.63, 3.8) is 0 Å². The van der Waals surface area contributed by atoms with E-state index < -0.39 is 5.56 Å². The molecule has 0 spiro atoms. The highest BCUT2D eigenvalue weighted by molar-refractivity contribution is 6.04. The number of nitrogens with zero attached hydrogens (tertiary/aromatic N) is 4. The van der Waals surface area contributed by atoms with Crippen molar-refractivity contribution in [3.8, 4) is 34.3 Å². The Morgan fingerprint density at radius 1 is 1.12 bits per heavy atom. The molecule has 11 heteroatoms. The van der Waals surface area contributed by atoms with E-state index in [1.54, 1.807) is 42.6 Å². The van der Waals surface area contributed by atoms with Gasteiger partial charge in [-0.3, -0.25) is 19.6 Å². The van der Waals surface area contributed by atoms with Crippen LogP contribution in [0.4, 0.5) is 11.5 Å². The van der Waals surface area contributed by atoms with Crippen molar-refractivity contribution in [3.05, 3.63) is 94.9 Å². The third kappa shape index (κ3) is 5.97. The van der Waals surface area contributed by atoms with Crippen molar-refractivity contribution in [2.75, 3.05) is 31.7 Å². The average Bonchev–Trinajstić information content (AvgIpc) is 3.36. The zero-order valence-corrected chi connectivity index (χ0v) is 24.4. The fourth-order valence-corrected chi connectivity index (χ4v) is 4.63. The Bertz CT molecular complexity index is 1840. The molecule has 43 heavy (non-hydrogen) atoms. The van der Waals surface area contributed by atoms with Gasteiger partial charge in [-0.25, -0.2) is 4.68 Å². The maximum absolute atomic E-state index is 13.1. The van der Waals surface area contributed by atoms with Gasteiger partial charge >= 0.3 is 0 Å². The van der Waals surface area contributed by atoms with Gasteiger partial charge in [-0.2, -0.15) is 5.10 Å². The highest BCUT2D eigenvalue weighted by Gasteiger charge is 2.29. The highest BCUT2D eigenvalue weighted by atomic mass is 16.5. The summed E-state index contributed by atoms with van der Waals surface area (Å²) in [5.74, 6) is 1.50. The monoisotopic (exact) mass is 579 g/mol. The van der Waals surface area contributed by atoms with Gasteiger partial charge in [0.2, 0.25) is 11.8 Å². The van der Waals surface area contributed by atoms with Crippen LogP contribution in [0.3, 0.4) is 0 Å². The molecule has 0 aliphatic carbocycles. The van der Waals surface area contributed by atoms with Crippen molar-refractivity contribution in [1.82, 2.24) is 24.6 Å². The van der Waals surface area contributed by atoms with Crippen LogP contribution in [0.25, 0.3) is 27.8 Å². The molecule has 1 aliphatic rings. The number of carbonyl (C=O) groups excluding carboxylic acids is 1. The standard InChI is InChI=1S/C30H27N7O4.C2H6/c1-36(2)16-6-9-23(38)33-22-14-15-32-26-21(22)17-40-30-24(26)27-25(29(39)34-30)28(31)37(35-27)18-10-12-20(13-11-18)41-19-7-4-3-5-8-19;1-2/h3-15H,16-17,31H2,1-2H3,(H,34,39)(H,32,33,38);1-2H3/b9-6+;. The topological polar surface area (TPSA) is 140 Å².